The fraction of sp³-hybridized carbons (Fsp3) is 0.320. The van der Waals surface area contributed by atoms with Gasteiger partial charge in [0.1, 0.15) is 5.82 Å². The van der Waals surface area contributed by atoms with Crippen LogP contribution in [0.5, 0.6) is 0 Å². The molecule has 0 fully saturated rings. The standard InChI is InChI=1S/C25H28N4O2S/c1-16-9-12-22(17(2)13-16)29-23(20-14-32-15-21(20)28-29)27-25(31)24(30)26-18(3)10-11-19-7-5-4-6-8-19/h4-9,12-13,18H,10-11,14-15H2,1-3H3,(H,26,30)(H,27,31). The Hall–Kier alpha value is -3.06. The highest BCUT2D eigenvalue weighted by Crippen LogP contribution is 2.36. The maximum absolute atomic E-state index is 12.8. The van der Waals surface area contributed by atoms with Gasteiger partial charge >= 0.3 is 11.8 Å². The zero-order chi connectivity index (χ0) is 22.7. The average molecular weight is 449 g/mol. The van der Waals surface area contributed by atoms with E-state index >= 15 is 0 Å². The highest BCUT2D eigenvalue weighted by atomic mass is 32.2. The Kier molecular flexibility index (Phi) is 6.65. The summed E-state index contributed by atoms with van der Waals surface area (Å²) in [6, 6.07) is 16.1. The molecule has 2 amide bonds. The Bertz CT molecular complexity index is 1140. The Morgan fingerprint density at radius 3 is 2.62 bits per heavy atom. The van der Waals surface area contributed by atoms with Gasteiger partial charge in [-0.05, 0) is 50.8 Å². The van der Waals surface area contributed by atoms with Crippen LogP contribution in [-0.2, 0) is 27.5 Å². The molecule has 166 valence electrons. The van der Waals surface area contributed by atoms with Crippen LogP contribution in [0.2, 0.25) is 0 Å². The second-order valence-corrected chi connectivity index (χ2v) is 9.31. The van der Waals surface area contributed by atoms with Crippen LogP contribution in [0.3, 0.4) is 0 Å². The van der Waals surface area contributed by atoms with E-state index in [0.29, 0.717) is 5.82 Å². The number of rotatable bonds is 6. The van der Waals surface area contributed by atoms with Crippen LogP contribution in [0.1, 0.15) is 41.3 Å². The first-order chi connectivity index (χ1) is 15.4. The van der Waals surface area contributed by atoms with Crippen molar-refractivity contribution in [3.05, 3.63) is 76.5 Å². The summed E-state index contributed by atoms with van der Waals surface area (Å²) >= 11 is 1.76. The van der Waals surface area contributed by atoms with Crippen LogP contribution in [-0.4, -0.2) is 27.6 Å². The molecule has 2 aromatic carbocycles. The maximum Gasteiger partial charge on any atom is 0.314 e. The van der Waals surface area contributed by atoms with E-state index in [1.165, 1.54) is 5.56 Å². The number of anilines is 1. The number of carbonyl (C=O) groups excluding carboxylic acids is 2. The number of amides is 2. The van der Waals surface area contributed by atoms with E-state index in [1.807, 2.05) is 51.1 Å². The molecule has 1 unspecified atom stereocenters. The monoisotopic (exact) mass is 448 g/mol. The molecule has 1 aliphatic heterocycles. The summed E-state index contributed by atoms with van der Waals surface area (Å²) in [7, 11) is 0. The van der Waals surface area contributed by atoms with Gasteiger partial charge in [-0.1, -0.05) is 48.0 Å². The van der Waals surface area contributed by atoms with Gasteiger partial charge < -0.3 is 10.6 Å². The van der Waals surface area contributed by atoms with Crippen molar-refractivity contribution in [2.75, 3.05) is 5.32 Å². The van der Waals surface area contributed by atoms with Crippen molar-refractivity contribution in [3.63, 3.8) is 0 Å². The number of carbonyl (C=O) groups is 2. The minimum atomic E-state index is -0.665. The zero-order valence-electron chi connectivity index (χ0n) is 18.6. The highest BCUT2D eigenvalue weighted by molar-refractivity contribution is 7.98. The van der Waals surface area contributed by atoms with Crippen LogP contribution in [0.25, 0.3) is 5.69 Å². The molecule has 0 saturated carbocycles. The predicted molar refractivity (Wildman–Crippen MR) is 129 cm³/mol. The van der Waals surface area contributed by atoms with Crippen molar-refractivity contribution in [3.8, 4) is 5.69 Å². The Balaban J connectivity index is 1.46. The van der Waals surface area contributed by atoms with Gasteiger partial charge in [-0.25, -0.2) is 4.68 Å². The summed E-state index contributed by atoms with van der Waals surface area (Å²) in [5.41, 5.74) is 6.30. The van der Waals surface area contributed by atoms with Gasteiger partial charge in [-0.3, -0.25) is 9.59 Å². The number of aromatic nitrogens is 2. The third-order valence-corrected chi connectivity index (χ3v) is 6.63. The van der Waals surface area contributed by atoms with Crippen molar-refractivity contribution in [1.29, 1.82) is 0 Å². The molecule has 1 aliphatic rings. The van der Waals surface area contributed by atoms with Crippen molar-refractivity contribution < 1.29 is 9.59 Å². The highest BCUT2D eigenvalue weighted by Gasteiger charge is 2.27. The van der Waals surface area contributed by atoms with Gasteiger partial charge in [0.25, 0.3) is 0 Å². The number of nitrogens with zero attached hydrogens (tertiary/aromatic N) is 2. The molecule has 0 saturated heterocycles. The quantitative estimate of drug-likeness (QED) is 0.551. The lowest BCUT2D eigenvalue weighted by atomic mass is 10.1. The van der Waals surface area contributed by atoms with Crippen LogP contribution >= 0.6 is 11.8 Å². The molecule has 2 heterocycles. The summed E-state index contributed by atoms with van der Waals surface area (Å²) in [6.45, 7) is 5.99. The van der Waals surface area contributed by atoms with Gasteiger partial charge in [-0.15, -0.1) is 0 Å². The Morgan fingerprint density at radius 2 is 1.88 bits per heavy atom. The minimum Gasteiger partial charge on any atom is -0.345 e. The molecule has 1 aromatic heterocycles. The third-order valence-electron chi connectivity index (χ3n) is 5.66. The lowest BCUT2D eigenvalue weighted by molar-refractivity contribution is -0.136. The number of nitrogens with one attached hydrogen (secondary N) is 2. The largest absolute Gasteiger partial charge is 0.345 e. The first-order valence-electron chi connectivity index (χ1n) is 10.8. The molecule has 0 radical (unpaired) electrons. The summed E-state index contributed by atoms with van der Waals surface area (Å²) in [4.78, 5) is 25.4. The first kappa shape index (κ1) is 22.1. The van der Waals surface area contributed by atoms with Crippen molar-refractivity contribution in [1.82, 2.24) is 15.1 Å². The number of hydrogen-bond acceptors (Lipinski definition) is 4. The van der Waals surface area contributed by atoms with Crippen molar-refractivity contribution in [2.24, 2.45) is 0 Å². The summed E-state index contributed by atoms with van der Waals surface area (Å²) in [5, 5.41) is 10.4. The van der Waals surface area contributed by atoms with Gasteiger partial charge in [0, 0.05) is 23.1 Å². The topological polar surface area (TPSA) is 76.0 Å². The predicted octanol–water partition coefficient (Wildman–Crippen LogP) is 4.31. The first-order valence-corrected chi connectivity index (χ1v) is 12.0. The van der Waals surface area contributed by atoms with Gasteiger partial charge in [0.15, 0.2) is 0 Å². The molecule has 0 bridgehead atoms. The molecule has 4 rings (SSSR count). The van der Waals surface area contributed by atoms with E-state index in [1.54, 1.807) is 16.4 Å². The number of thioether (sulfide) groups is 1. The fourth-order valence-electron chi connectivity index (χ4n) is 3.91. The van der Waals surface area contributed by atoms with E-state index in [0.717, 1.165) is 52.4 Å². The third kappa shape index (κ3) is 4.88. The van der Waals surface area contributed by atoms with Crippen molar-refractivity contribution >= 4 is 29.4 Å². The lowest BCUT2D eigenvalue weighted by Crippen LogP contribution is -2.41. The van der Waals surface area contributed by atoms with Crippen LogP contribution in [0, 0.1) is 13.8 Å². The van der Waals surface area contributed by atoms with Crippen LogP contribution in [0.15, 0.2) is 48.5 Å². The smallest absolute Gasteiger partial charge is 0.314 e. The SMILES string of the molecule is Cc1ccc(-n2nc3c(c2NC(=O)C(=O)NC(C)CCc2ccccc2)CSC3)c(C)c1. The van der Waals surface area contributed by atoms with Gasteiger partial charge in [0.2, 0.25) is 0 Å². The van der Waals surface area contributed by atoms with E-state index in [2.05, 4.69) is 28.8 Å². The summed E-state index contributed by atoms with van der Waals surface area (Å²) < 4.78 is 1.77. The zero-order valence-corrected chi connectivity index (χ0v) is 19.5. The van der Waals surface area contributed by atoms with Gasteiger partial charge in [0.05, 0.1) is 11.4 Å². The minimum absolute atomic E-state index is 0.112. The second-order valence-electron chi connectivity index (χ2n) is 8.32. The molecule has 2 N–H and O–H groups in total. The van der Waals surface area contributed by atoms with Crippen LogP contribution < -0.4 is 10.6 Å². The second kappa shape index (κ2) is 9.61. The normalized spacial score (nSPS) is 13.5. The molecule has 32 heavy (non-hydrogen) atoms. The fourth-order valence-corrected chi connectivity index (χ4v) is 4.95. The van der Waals surface area contributed by atoms with Crippen LogP contribution in [0.4, 0.5) is 5.82 Å². The number of hydrogen-bond donors (Lipinski definition) is 2. The number of benzene rings is 2. The van der Waals surface area contributed by atoms with E-state index in [-0.39, 0.29) is 6.04 Å². The molecule has 0 spiro atoms. The summed E-state index contributed by atoms with van der Waals surface area (Å²) in [5.74, 6) is 0.874. The van der Waals surface area contributed by atoms with Crippen molar-refractivity contribution in [2.45, 2.75) is 51.2 Å². The molecular weight excluding hydrogens is 420 g/mol. The Morgan fingerprint density at radius 1 is 1.09 bits per heavy atom. The molecule has 3 aromatic rings. The molecular formula is C25H28N4O2S. The van der Waals surface area contributed by atoms with E-state index < -0.39 is 11.8 Å². The maximum atomic E-state index is 12.8. The van der Waals surface area contributed by atoms with E-state index in [9.17, 15) is 9.59 Å². The average Bonchev–Trinajstić information content (AvgIpc) is 3.35. The number of aryl methyl sites for hydroxylation is 3. The molecule has 0 aliphatic carbocycles. The van der Waals surface area contributed by atoms with Gasteiger partial charge in [-0.2, -0.15) is 16.9 Å². The van der Waals surface area contributed by atoms with E-state index in [4.69, 9.17) is 5.10 Å². The number of fused-ring (bicyclic) bond motifs is 1. The lowest BCUT2D eigenvalue weighted by Gasteiger charge is -2.15. The molecule has 1 atom stereocenters. The Labute approximate surface area is 192 Å². The summed E-state index contributed by atoms with van der Waals surface area (Å²) in [6.07, 6.45) is 1.60. The molecule has 7 heteroatoms. The molecule has 6 nitrogen and oxygen atoms in total.